The van der Waals surface area contributed by atoms with Gasteiger partial charge in [-0.2, -0.15) is 0 Å². The van der Waals surface area contributed by atoms with E-state index in [4.69, 9.17) is 4.42 Å². The van der Waals surface area contributed by atoms with E-state index in [2.05, 4.69) is 10.2 Å². The van der Waals surface area contributed by atoms with E-state index in [1.807, 2.05) is 19.9 Å². The molecular weight excluding hydrogens is 207 g/mol. The first-order valence-electron chi connectivity index (χ1n) is 5.22. The van der Waals surface area contributed by atoms with Crippen molar-refractivity contribution in [3.63, 3.8) is 0 Å². The molecule has 0 amide bonds. The van der Waals surface area contributed by atoms with Crippen LogP contribution in [-0.2, 0) is 6.42 Å². The first-order chi connectivity index (χ1) is 7.65. The van der Waals surface area contributed by atoms with Crippen LogP contribution in [0.15, 0.2) is 28.7 Å². The summed E-state index contributed by atoms with van der Waals surface area (Å²) in [5.74, 6) is 1.11. The van der Waals surface area contributed by atoms with Gasteiger partial charge >= 0.3 is 0 Å². The molecule has 0 aliphatic carbocycles. The van der Waals surface area contributed by atoms with E-state index in [1.165, 1.54) is 12.1 Å². The summed E-state index contributed by atoms with van der Waals surface area (Å²) >= 11 is 0. The summed E-state index contributed by atoms with van der Waals surface area (Å²) in [7, 11) is 0. The van der Waals surface area contributed by atoms with Crippen LogP contribution in [0.25, 0.3) is 0 Å². The number of aromatic nitrogens is 2. The van der Waals surface area contributed by atoms with Gasteiger partial charge in [0.05, 0.1) is 6.42 Å². The van der Waals surface area contributed by atoms with Crippen molar-refractivity contribution in [2.45, 2.75) is 26.2 Å². The lowest BCUT2D eigenvalue weighted by Crippen LogP contribution is -1.89. The standard InChI is InChI=1S/C12H13FN2O/c1-8(2)12-15-14-11(16-12)7-9-4-3-5-10(13)6-9/h3-6,8H,7H2,1-2H3. The summed E-state index contributed by atoms with van der Waals surface area (Å²) in [6.07, 6.45) is 0.470. The summed E-state index contributed by atoms with van der Waals surface area (Å²) in [5.41, 5.74) is 0.832. The Labute approximate surface area is 93.3 Å². The molecule has 0 aliphatic heterocycles. The predicted octanol–water partition coefficient (Wildman–Crippen LogP) is 2.92. The fourth-order valence-electron chi connectivity index (χ4n) is 1.39. The Hall–Kier alpha value is -1.71. The van der Waals surface area contributed by atoms with Crippen molar-refractivity contribution in [3.8, 4) is 0 Å². The van der Waals surface area contributed by atoms with E-state index in [-0.39, 0.29) is 11.7 Å². The Morgan fingerprint density at radius 1 is 1.31 bits per heavy atom. The SMILES string of the molecule is CC(C)c1nnc(Cc2cccc(F)c2)o1. The Balaban J connectivity index is 2.14. The lowest BCUT2D eigenvalue weighted by molar-refractivity contribution is 0.439. The minimum absolute atomic E-state index is 0.216. The topological polar surface area (TPSA) is 38.9 Å². The second kappa shape index (κ2) is 4.43. The third-order valence-corrected chi connectivity index (χ3v) is 2.22. The zero-order valence-corrected chi connectivity index (χ0v) is 9.27. The molecule has 0 unspecified atom stereocenters. The van der Waals surface area contributed by atoms with E-state index in [0.29, 0.717) is 18.2 Å². The van der Waals surface area contributed by atoms with Crippen molar-refractivity contribution in [2.24, 2.45) is 0 Å². The van der Waals surface area contributed by atoms with E-state index in [1.54, 1.807) is 6.07 Å². The number of hydrogen-bond donors (Lipinski definition) is 0. The maximum atomic E-state index is 12.9. The molecule has 0 N–H and O–H groups in total. The molecule has 1 aromatic heterocycles. The van der Waals surface area contributed by atoms with Crippen LogP contribution >= 0.6 is 0 Å². The summed E-state index contributed by atoms with van der Waals surface area (Å²) in [6, 6.07) is 6.39. The molecule has 2 rings (SSSR count). The van der Waals surface area contributed by atoms with Gasteiger partial charge in [0.1, 0.15) is 5.82 Å². The minimum Gasteiger partial charge on any atom is -0.425 e. The molecular formula is C12H13FN2O. The molecule has 1 aromatic carbocycles. The van der Waals surface area contributed by atoms with Gasteiger partial charge in [-0.05, 0) is 17.7 Å². The van der Waals surface area contributed by atoms with Crippen LogP contribution in [-0.4, -0.2) is 10.2 Å². The molecule has 84 valence electrons. The first kappa shape index (κ1) is 10.8. The molecule has 0 saturated carbocycles. The third-order valence-electron chi connectivity index (χ3n) is 2.22. The Morgan fingerprint density at radius 3 is 2.75 bits per heavy atom. The van der Waals surface area contributed by atoms with E-state index >= 15 is 0 Å². The van der Waals surface area contributed by atoms with Gasteiger partial charge in [0.15, 0.2) is 0 Å². The van der Waals surface area contributed by atoms with Crippen molar-refractivity contribution in [1.29, 1.82) is 0 Å². The van der Waals surface area contributed by atoms with E-state index < -0.39 is 0 Å². The minimum atomic E-state index is -0.249. The number of nitrogens with zero attached hydrogens (tertiary/aromatic N) is 2. The van der Waals surface area contributed by atoms with Crippen LogP contribution in [0.4, 0.5) is 4.39 Å². The van der Waals surface area contributed by atoms with Gasteiger partial charge in [0.25, 0.3) is 0 Å². The fourth-order valence-corrected chi connectivity index (χ4v) is 1.39. The van der Waals surface area contributed by atoms with Crippen molar-refractivity contribution in [2.75, 3.05) is 0 Å². The smallest absolute Gasteiger partial charge is 0.220 e. The quantitative estimate of drug-likeness (QED) is 0.798. The monoisotopic (exact) mass is 220 g/mol. The maximum absolute atomic E-state index is 12.9. The lowest BCUT2D eigenvalue weighted by atomic mass is 10.1. The normalized spacial score (nSPS) is 11.0. The largest absolute Gasteiger partial charge is 0.425 e. The predicted molar refractivity (Wildman–Crippen MR) is 57.6 cm³/mol. The molecule has 0 aliphatic rings. The van der Waals surface area contributed by atoms with Gasteiger partial charge < -0.3 is 4.42 Å². The lowest BCUT2D eigenvalue weighted by Gasteiger charge is -1.97. The zero-order chi connectivity index (χ0) is 11.5. The van der Waals surface area contributed by atoms with Crippen LogP contribution in [0.5, 0.6) is 0 Å². The molecule has 4 heteroatoms. The molecule has 16 heavy (non-hydrogen) atoms. The third kappa shape index (κ3) is 2.45. The molecule has 0 atom stereocenters. The molecule has 1 heterocycles. The second-order valence-corrected chi connectivity index (χ2v) is 4.00. The summed E-state index contributed by atoms with van der Waals surface area (Å²) in [5, 5.41) is 7.85. The maximum Gasteiger partial charge on any atom is 0.220 e. The van der Waals surface area contributed by atoms with Crippen LogP contribution in [0.2, 0.25) is 0 Å². The number of rotatable bonds is 3. The number of halogens is 1. The molecule has 0 fully saturated rings. The van der Waals surface area contributed by atoms with Gasteiger partial charge in [-0.3, -0.25) is 0 Å². The average molecular weight is 220 g/mol. The molecule has 0 saturated heterocycles. The highest BCUT2D eigenvalue weighted by molar-refractivity contribution is 5.19. The van der Waals surface area contributed by atoms with Crippen LogP contribution < -0.4 is 0 Å². The van der Waals surface area contributed by atoms with Gasteiger partial charge in [-0.25, -0.2) is 4.39 Å². The van der Waals surface area contributed by atoms with Gasteiger partial charge in [0.2, 0.25) is 11.8 Å². The van der Waals surface area contributed by atoms with Gasteiger partial charge in [0, 0.05) is 5.92 Å². The Bertz CT molecular complexity index is 479. The second-order valence-electron chi connectivity index (χ2n) is 4.00. The Kier molecular flexibility index (Phi) is 2.99. The van der Waals surface area contributed by atoms with E-state index in [0.717, 1.165) is 5.56 Å². The van der Waals surface area contributed by atoms with Crippen LogP contribution in [0.1, 0.15) is 37.1 Å². The highest BCUT2D eigenvalue weighted by Gasteiger charge is 2.10. The molecule has 2 aromatic rings. The average Bonchev–Trinajstić information content (AvgIpc) is 2.66. The van der Waals surface area contributed by atoms with Crippen molar-refractivity contribution in [1.82, 2.24) is 10.2 Å². The molecule has 3 nitrogen and oxygen atoms in total. The fraction of sp³-hybridized carbons (Fsp3) is 0.333. The van der Waals surface area contributed by atoms with Gasteiger partial charge in [-0.1, -0.05) is 26.0 Å². The summed E-state index contributed by atoms with van der Waals surface area (Å²) in [6.45, 7) is 3.97. The zero-order valence-electron chi connectivity index (χ0n) is 9.27. The highest BCUT2D eigenvalue weighted by atomic mass is 19.1. The van der Waals surface area contributed by atoms with Gasteiger partial charge in [-0.15, -0.1) is 10.2 Å². The van der Waals surface area contributed by atoms with Crippen molar-refractivity contribution >= 4 is 0 Å². The molecule has 0 spiro atoms. The number of hydrogen-bond acceptors (Lipinski definition) is 3. The van der Waals surface area contributed by atoms with Crippen LogP contribution in [0, 0.1) is 5.82 Å². The first-order valence-corrected chi connectivity index (χ1v) is 5.22. The number of benzene rings is 1. The molecule has 0 radical (unpaired) electrons. The van der Waals surface area contributed by atoms with Crippen molar-refractivity contribution < 1.29 is 8.81 Å². The van der Waals surface area contributed by atoms with Crippen LogP contribution in [0.3, 0.4) is 0 Å². The van der Waals surface area contributed by atoms with E-state index in [9.17, 15) is 4.39 Å². The molecule has 0 bridgehead atoms. The summed E-state index contributed by atoms with van der Waals surface area (Å²) in [4.78, 5) is 0. The highest BCUT2D eigenvalue weighted by Crippen LogP contribution is 2.15. The summed E-state index contributed by atoms with van der Waals surface area (Å²) < 4.78 is 18.4. The van der Waals surface area contributed by atoms with Crippen molar-refractivity contribution in [3.05, 3.63) is 47.4 Å². The Morgan fingerprint density at radius 2 is 2.12 bits per heavy atom.